The van der Waals surface area contributed by atoms with Gasteiger partial charge in [0.15, 0.2) is 0 Å². The summed E-state index contributed by atoms with van der Waals surface area (Å²) in [6.07, 6.45) is 1.87. The van der Waals surface area contributed by atoms with Crippen molar-refractivity contribution >= 4 is 21.8 Å². The van der Waals surface area contributed by atoms with E-state index in [-0.39, 0.29) is 5.43 Å². The number of aromatic nitrogens is 2. The van der Waals surface area contributed by atoms with Crippen LogP contribution in [0.25, 0.3) is 33.1 Å². The Labute approximate surface area is 120 Å². The predicted octanol–water partition coefficient (Wildman–Crippen LogP) is 3.74. The van der Waals surface area contributed by atoms with Gasteiger partial charge >= 0.3 is 0 Å². The van der Waals surface area contributed by atoms with Crippen LogP contribution in [0.15, 0.2) is 71.7 Å². The summed E-state index contributed by atoms with van der Waals surface area (Å²) in [5.74, 6) is 0. The number of fused-ring (bicyclic) bond motifs is 3. The third kappa shape index (κ3) is 1.91. The molecule has 0 bridgehead atoms. The average Bonchev–Trinajstić information content (AvgIpc) is 2.55. The maximum Gasteiger partial charge on any atom is 0.205 e. The Morgan fingerprint density at radius 3 is 2.52 bits per heavy atom. The molecule has 0 unspecified atom stereocenters. The highest BCUT2D eigenvalue weighted by molar-refractivity contribution is 6.03. The van der Waals surface area contributed by atoms with E-state index in [9.17, 15) is 4.79 Å². The highest BCUT2D eigenvalue weighted by Gasteiger charge is 2.09. The van der Waals surface area contributed by atoms with Crippen molar-refractivity contribution in [3.05, 3.63) is 77.1 Å². The van der Waals surface area contributed by atoms with Crippen LogP contribution in [-0.4, -0.2) is 9.97 Å². The van der Waals surface area contributed by atoms with Crippen LogP contribution < -0.4 is 5.43 Å². The molecule has 0 aliphatic rings. The van der Waals surface area contributed by atoms with E-state index >= 15 is 0 Å². The van der Waals surface area contributed by atoms with Gasteiger partial charge in [-0.2, -0.15) is 0 Å². The highest BCUT2D eigenvalue weighted by atomic mass is 16.1. The first-order valence-corrected chi connectivity index (χ1v) is 6.79. The highest BCUT2D eigenvalue weighted by Crippen LogP contribution is 2.23. The van der Waals surface area contributed by atoms with Crippen molar-refractivity contribution in [2.45, 2.75) is 0 Å². The quantitative estimate of drug-likeness (QED) is 0.536. The molecule has 100 valence electrons. The van der Waals surface area contributed by atoms with Crippen molar-refractivity contribution in [2.24, 2.45) is 0 Å². The fraction of sp³-hybridized carbons (Fsp3) is 0. The third-order valence-corrected chi connectivity index (χ3v) is 3.63. The zero-order valence-electron chi connectivity index (χ0n) is 11.2. The van der Waals surface area contributed by atoms with Crippen molar-refractivity contribution in [1.29, 1.82) is 0 Å². The number of hydrogen-bond donors (Lipinski definition) is 1. The molecule has 0 spiro atoms. The Morgan fingerprint density at radius 1 is 0.857 bits per heavy atom. The molecule has 2 heterocycles. The van der Waals surface area contributed by atoms with Crippen molar-refractivity contribution in [3.8, 4) is 11.3 Å². The van der Waals surface area contributed by atoms with Crippen molar-refractivity contribution < 1.29 is 0 Å². The van der Waals surface area contributed by atoms with E-state index in [0.29, 0.717) is 5.69 Å². The lowest BCUT2D eigenvalue weighted by molar-refractivity contribution is 1.34. The van der Waals surface area contributed by atoms with Crippen LogP contribution in [0, 0.1) is 0 Å². The maximum atomic E-state index is 12.3. The smallest absolute Gasteiger partial charge is 0.205 e. The van der Waals surface area contributed by atoms with E-state index in [1.54, 1.807) is 6.07 Å². The standard InChI is InChI=1S/C18H12N2O/c21-15-11-14-9-8-13-7-4-10-19-17(13)18(14)20-16(15)12-5-2-1-3-6-12/h1-11,19H. The third-order valence-electron chi connectivity index (χ3n) is 3.63. The summed E-state index contributed by atoms with van der Waals surface area (Å²) < 4.78 is 0. The van der Waals surface area contributed by atoms with E-state index < -0.39 is 0 Å². The number of nitrogens with zero attached hydrogens (tertiary/aromatic N) is 1. The summed E-state index contributed by atoms with van der Waals surface area (Å²) in [5, 5.41) is 1.93. The average molecular weight is 272 g/mol. The normalized spacial score (nSPS) is 11.0. The predicted molar refractivity (Wildman–Crippen MR) is 85.3 cm³/mol. The molecule has 0 radical (unpaired) electrons. The molecule has 2 aromatic carbocycles. The van der Waals surface area contributed by atoms with Crippen LogP contribution in [0.4, 0.5) is 0 Å². The number of benzene rings is 2. The monoisotopic (exact) mass is 272 g/mol. The lowest BCUT2D eigenvalue weighted by Gasteiger charge is -2.05. The lowest BCUT2D eigenvalue weighted by Crippen LogP contribution is -2.06. The van der Waals surface area contributed by atoms with E-state index in [1.165, 1.54) is 0 Å². The van der Waals surface area contributed by atoms with Gasteiger partial charge < -0.3 is 4.98 Å². The SMILES string of the molecule is O=c1cc2ccc3ccc[nH]c3c2nc1-c1ccccc1. The lowest BCUT2D eigenvalue weighted by atomic mass is 10.1. The number of H-pyrrole nitrogens is 1. The van der Waals surface area contributed by atoms with Crippen molar-refractivity contribution in [2.75, 3.05) is 0 Å². The molecule has 0 saturated carbocycles. The number of hydrogen-bond acceptors (Lipinski definition) is 2. The van der Waals surface area contributed by atoms with Crippen LogP contribution in [0.3, 0.4) is 0 Å². The minimum absolute atomic E-state index is 0.0519. The Bertz CT molecular complexity index is 1000. The molecule has 0 amide bonds. The van der Waals surface area contributed by atoms with Crippen LogP contribution in [0.5, 0.6) is 0 Å². The minimum Gasteiger partial charge on any atom is -0.359 e. The van der Waals surface area contributed by atoms with Gasteiger partial charge in [0.2, 0.25) is 5.43 Å². The summed E-state index contributed by atoms with van der Waals surface area (Å²) in [6.45, 7) is 0. The second-order valence-corrected chi connectivity index (χ2v) is 4.97. The zero-order chi connectivity index (χ0) is 14.2. The van der Waals surface area contributed by atoms with Crippen LogP contribution in [0.2, 0.25) is 0 Å². The van der Waals surface area contributed by atoms with Crippen molar-refractivity contribution in [3.63, 3.8) is 0 Å². The van der Waals surface area contributed by atoms with Crippen LogP contribution >= 0.6 is 0 Å². The fourth-order valence-electron chi connectivity index (χ4n) is 2.61. The van der Waals surface area contributed by atoms with Gasteiger partial charge in [-0.1, -0.05) is 48.5 Å². The Hall–Kier alpha value is -2.94. The molecule has 2 aromatic heterocycles. The maximum absolute atomic E-state index is 12.3. The van der Waals surface area contributed by atoms with Crippen LogP contribution in [0.1, 0.15) is 0 Å². The van der Waals surface area contributed by atoms with Gasteiger partial charge in [-0.3, -0.25) is 4.79 Å². The van der Waals surface area contributed by atoms with Gasteiger partial charge in [0.1, 0.15) is 5.69 Å². The Morgan fingerprint density at radius 2 is 1.67 bits per heavy atom. The van der Waals surface area contributed by atoms with E-state index in [0.717, 1.165) is 27.4 Å². The molecule has 0 atom stereocenters. The second-order valence-electron chi connectivity index (χ2n) is 4.97. The Kier molecular flexibility index (Phi) is 2.57. The van der Waals surface area contributed by atoms with Gasteiger partial charge in [0, 0.05) is 22.5 Å². The molecule has 4 aromatic rings. The van der Waals surface area contributed by atoms with Crippen molar-refractivity contribution in [1.82, 2.24) is 9.97 Å². The first-order valence-electron chi connectivity index (χ1n) is 6.79. The molecule has 3 heteroatoms. The summed E-state index contributed by atoms with van der Waals surface area (Å²) in [5.41, 5.74) is 3.06. The van der Waals surface area contributed by atoms with E-state index in [4.69, 9.17) is 0 Å². The van der Waals surface area contributed by atoms with Crippen LogP contribution in [-0.2, 0) is 0 Å². The fourth-order valence-corrected chi connectivity index (χ4v) is 2.61. The summed E-state index contributed by atoms with van der Waals surface area (Å²) >= 11 is 0. The van der Waals surface area contributed by atoms with Gasteiger partial charge in [-0.25, -0.2) is 4.98 Å². The molecule has 0 aliphatic heterocycles. The second kappa shape index (κ2) is 4.56. The number of pyridine rings is 2. The molecule has 21 heavy (non-hydrogen) atoms. The minimum atomic E-state index is -0.0519. The molecule has 1 N–H and O–H groups in total. The molecule has 0 saturated heterocycles. The summed E-state index contributed by atoms with van der Waals surface area (Å²) in [6, 6.07) is 19.1. The molecule has 3 nitrogen and oxygen atoms in total. The number of aromatic amines is 1. The van der Waals surface area contributed by atoms with Gasteiger partial charge in [-0.05, 0) is 12.1 Å². The number of nitrogens with one attached hydrogen (secondary N) is 1. The topological polar surface area (TPSA) is 45.8 Å². The summed E-state index contributed by atoms with van der Waals surface area (Å²) in [4.78, 5) is 20.2. The molecular formula is C18H12N2O. The Balaban J connectivity index is 2.12. The zero-order valence-corrected chi connectivity index (χ0v) is 11.2. The molecule has 4 rings (SSSR count). The number of rotatable bonds is 1. The summed E-state index contributed by atoms with van der Waals surface area (Å²) in [7, 11) is 0. The molecule has 0 fully saturated rings. The van der Waals surface area contributed by atoms with E-state index in [2.05, 4.69) is 9.97 Å². The first-order chi connectivity index (χ1) is 10.3. The van der Waals surface area contributed by atoms with E-state index in [1.807, 2.05) is 60.8 Å². The largest absolute Gasteiger partial charge is 0.359 e. The first kappa shape index (κ1) is 11.9. The van der Waals surface area contributed by atoms with Gasteiger partial charge in [-0.15, -0.1) is 0 Å². The molecule has 0 aliphatic carbocycles. The molecular weight excluding hydrogens is 260 g/mol. The van der Waals surface area contributed by atoms with Gasteiger partial charge in [0.05, 0.1) is 11.0 Å². The van der Waals surface area contributed by atoms with Gasteiger partial charge in [0.25, 0.3) is 0 Å².